The molecule has 0 fully saturated rings. The Morgan fingerprint density at radius 2 is 1.54 bits per heavy atom. The average Bonchev–Trinajstić information content (AvgIpc) is 2.90. The largest absolute Gasteiger partial charge is 0.502 e. The molecule has 0 saturated heterocycles. The van der Waals surface area contributed by atoms with Gasteiger partial charge in [0.25, 0.3) is 5.91 Å². The van der Waals surface area contributed by atoms with E-state index in [9.17, 15) is 14.7 Å². The maximum Gasteiger partial charge on any atom is 0.301 e. The van der Waals surface area contributed by atoms with Crippen molar-refractivity contribution in [2.75, 3.05) is 4.90 Å². The number of carbonyl (C=O) groups excluding carboxylic acids is 2. The number of nitrogens with zero attached hydrogens (tertiary/aromatic N) is 1. The summed E-state index contributed by atoms with van der Waals surface area (Å²) in [4.78, 5) is 26.9. The zero-order chi connectivity index (χ0) is 19.8. The molecule has 3 aromatic carbocycles. The van der Waals surface area contributed by atoms with Crippen LogP contribution in [0.15, 0.2) is 72.5 Å². The topological polar surface area (TPSA) is 66.8 Å². The van der Waals surface area contributed by atoms with Crippen LogP contribution < -0.4 is 9.64 Å². The van der Waals surface area contributed by atoms with Crippen LogP contribution in [0.3, 0.4) is 0 Å². The quantitative estimate of drug-likeness (QED) is 0.685. The second-order valence-electron chi connectivity index (χ2n) is 6.86. The number of ether oxygens (including phenoxy) is 1. The first-order chi connectivity index (χ1) is 13.5. The lowest BCUT2D eigenvalue weighted by Crippen LogP contribution is -2.31. The van der Waals surface area contributed by atoms with Crippen LogP contribution >= 0.6 is 0 Å². The molecule has 0 unspecified atom stereocenters. The van der Waals surface area contributed by atoms with Crippen LogP contribution in [-0.2, 0) is 9.59 Å². The molecular formula is C23H19NO4. The van der Waals surface area contributed by atoms with Gasteiger partial charge in [-0.05, 0) is 43.0 Å². The third-order valence-corrected chi connectivity index (χ3v) is 4.58. The first-order valence-corrected chi connectivity index (χ1v) is 9.04. The highest BCUT2D eigenvalue weighted by molar-refractivity contribution is 6.45. The normalized spacial score (nSPS) is 14.5. The molecule has 5 nitrogen and oxygen atoms in total. The van der Waals surface area contributed by atoms with E-state index in [0.29, 0.717) is 17.0 Å². The predicted molar refractivity (Wildman–Crippen MR) is 108 cm³/mol. The van der Waals surface area contributed by atoms with Crippen molar-refractivity contribution in [1.82, 2.24) is 0 Å². The molecule has 0 aromatic heterocycles. The van der Waals surface area contributed by atoms with Gasteiger partial charge in [-0.2, -0.15) is 0 Å². The smallest absolute Gasteiger partial charge is 0.301 e. The molecule has 0 spiro atoms. The van der Waals surface area contributed by atoms with E-state index < -0.39 is 17.6 Å². The molecule has 1 aliphatic rings. The highest BCUT2D eigenvalue weighted by Gasteiger charge is 2.40. The van der Waals surface area contributed by atoms with Crippen molar-refractivity contribution < 1.29 is 19.4 Å². The molecule has 0 saturated carbocycles. The highest BCUT2D eigenvalue weighted by Crippen LogP contribution is 2.36. The number of carbonyl (C=O) groups is 2. The van der Waals surface area contributed by atoms with Crippen LogP contribution in [0.1, 0.15) is 19.4 Å². The third kappa shape index (κ3) is 2.91. The number of fused-ring (bicyclic) bond motifs is 1. The molecule has 3 aromatic rings. The van der Waals surface area contributed by atoms with Gasteiger partial charge >= 0.3 is 5.91 Å². The Balaban J connectivity index is 1.74. The van der Waals surface area contributed by atoms with Gasteiger partial charge in [-0.25, -0.2) is 4.90 Å². The van der Waals surface area contributed by atoms with Gasteiger partial charge in [0.15, 0.2) is 5.76 Å². The molecule has 0 aliphatic carbocycles. The van der Waals surface area contributed by atoms with Gasteiger partial charge in [-0.15, -0.1) is 0 Å². The number of aliphatic hydroxyl groups excluding tert-OH is 1. The average molecular weight is 373 g/mol. The number of aliphatic hydroxyl groups is 1. The Hall–Kier alpha value is -3.60. The summed E-state index contributed by atoms with van der Waals surface area (Å²) in [7, 11) is 0. The first kappa shape index (κ1) is 17.8. The number of anilines is 1. The van der Waals surface area contributed by atoms with Crippen LogP contribution in [0, 0.1) is 0 Å². The number of hydrogen-bond acceptors (Lipinski definition) is 4. The summed E-state index contributed by atoms with van der Waals surface area (Å²) >= 11 is 0. The molecule has 0 atom stereocenters. The molecule has 0 radical (unpaired) electrons. The maximum absolute atomic E-state index is 13.1. The van der Waals surface area contributed by atoms with E-state index in [1.807, 2.05) is 44.2 Å². The zero-order valence-corrected chi connectivity index (χ0v) is 15.5. The number of benzene rings is 3. The number of amides is 2. The van der Waals surface area contributed by atoms with E-state index in [1.165, 1.54) is 0 Å². The molecule has 0 bridgehead atoms. The Morgan fingerprint density at radius 3 is 2.25 bits per heavy atom. The molecule has 2 amide bonds. The van der Waals surface area contributed by atoms with Crippen molar-refractivity contribution >= 4 is 33.8 Å². The molecule has 1 aliphatic heterocycles. The monoisotopic (exact) mass is 373 g/mol. The lowest BCUT2D eigenvalue weighted by molar-refractivity contribution is -0.121. The summed E-state index contributed by atoms with van der Waals surface area (Å²) < 4.78 is 5.60. The second kappa shape index (κ2) is 6.85. The number of imide groups is 1. The summed E-state index contributed by atoms with van der Waals surface area (Å²) in [6.45, 7) is 3.84. The fourth-order valence-corrected chi connectivity index (χ4v) is 3.37. The molecular weight excluding hydrogens is 354 g/mol. The van der Waals surface area contributed by atoms with Crippen LogP contribution in [0.2, 0.25) is 0 Å². The van der Waals surface area contributed by atoms with E-state index in [-0.39, 0.29) is 11.7 Å². The zero-order valence-electron chi connectivity index (χ0n) is 15.5. The van der Waals surface area contributed by atoms with Crippen molar-refractivity contribution in [3.05, 3.63) is 78.1 Å². The maximum atomic E-state index is 13.1. The summed E-state index contributed by atoms with van der Waals surface area (Å²) in [5.41, 5.74) is 0.915. The number of rotatable bonds is 4. The van der Waals surface area contributed by atoms with E-state index in [2.05, 4.69) is 0 Å². The van der Waals surface area contributed by atoms with Crippen molar-refractivity contribution in [3.63, 3.8) is 0 Å². The molecule has 5 heteroatoms. The summed E-state index contributed by atoms with van der Waals surface area (Å²) in [6.07, 6.45) is 0.0232. The lowest BCUT2D eigenvalue weighted by atomic mass is 10.0. The second-order valence-corrected chi connectivity index (χ2v) is 6.86. The van der Waals surface area contributed by atoms with Gasteiger partial charge in [-0.1, -0.05) is 48.5 Å². The highest BCUT2D eigenvalue weighted by atomic mass is 16.5. The van der Waals surface area contributed by atoms with E-state index >= 15 is 0 Å². The summed E-state index contributed by atoms with van der Waals surface area (Å²) in [5, 5.41) is 12.1. The number of hydrogen-bond donors (Lipinski definition) is 1. The standard InChI is InChI=1S/C23H19NO4/c1-14(2)28-17-12-10-16(11-13-17)20-21(25)23(27)24(22(20)26)19-9-5-7-15-6-3-4-8-18(15)19/h3-14,25H,1-2H3. The SMILES string of the molecule is CC(C)Oc1ccc(C2=C(O)C(=O)N(c3cccc4ccccc34)C2=O)cc1. The van der Waals surface area contributed by atoms with Gasteiger partial charge in [0.05, 0.1) is 17.4 Å². The molecule has 28 heavy (non-hydrogen) atoms. The van der Waals surface area contributed by atoms with Crippen LogP contribution in [0.4, 0.5) is 5.69 Å². The van der Waals surface area contributed by atoms with Gasteiger partial charge in [0, 0.05) is 5.39 Å². The Kier molecular flexibility index (Phi) is 4.35. The van der Waals surface area contributed by atoms with Crippen LogP contribution in [-0.4, -0.2) is 23.0 Å². The van der Waals surface area contributed by atoms with E-state index in [4.69, 9.17) is 4.74 Å². The Labute approximate surface area is 162 Å². The fourth-order valence-electron chi connectivity index (χ4n) is 3.37. The van der Waals surface area contributed by atoms with Gasteiger partial charge in [-0.3, -0.25) is 9.59 Å². The molecule has 1 N–H and O–H groups in total. The molecule has 4 rings (SSSR count). The lowest BCUT2D eigenvalue weighted by Gasteiger charge is -2.17. The van der Waals surface area contributed by atoms with Gasteiger partial charge in [0.1, 0.15) is 5.75 Å². The summed E-state index contributed by atoms with van der Waals surface area (Å²) in [6, 6.07) is 19.7. The van der Waals surface area contributed by atoms with Gasteiger partial charge < -0.3 is 9.84 Å². The van der Waals surface area contributed by atoms with Gasteiger partial charge in [0.2, 0.25) is 0 Å². The van der Waals surface area contributed by atoms with Crippen LogP contribution in [0.25, 0.3) is 16.3 Å². The summed E-state index contributed by atoms with van der Waals surface area (Å²) in [5.74, 6) is -1.16. The minimum atomic E-state index is -0.723. The Morgan fingerprint density at radius 1 is 0.857 bits per heavy atom. The molecule has 140 valence electrons. The van der Waals surface area contributed by atoms with E-state index in [0.717, 1.165) is 15.7 Å². The first-order valence-electron chi connectivity index (χ1n) is 9.04. The third-order valence-electron chi connectivity index (χ3n) is 4.58. The van der Waals surface area contributed by atoms with Crippen molar-refractivity contribution in [2.24, 2.45) is 0 Å². The fraction of sp³-hybridized carbons (Fsp3) is 0.130. The van der Waals surface area contributed by atoms with Crippen molar-refractivity contribution in [2.45, 2.75) is 20.0 Å². The predicted octanol–water partition coefficient (Wildman–Crippen LogP) is 4.47. The van der Waals surface area contributed by atoms with E-state index in [1.54, 1.807) is 36.4 Å². The van der Waals surface area contributed by atoms with Crippen LogP contribution in [0.5, 0.6) is 5.75 Å². The van der Waals surface area contributed by atoms with Crippen molar-refractivity contribution in [1.29, 1.82) is 0 Å². The van der Waals surface area contributed by atoms with Crippen molar-refractivity contribution in [3.8, 4) is 5.75 Å². The minimum Gasteiger partial charge on any atom is -0.502 e. The molecule has 1 heterocycles. The Bertz CT molecular complexity index is 1110. The minimum absolute atomic E-state index is 0.00553.